The smallest absolute Gasteiger partial charge is 0.242 e. The van der Waals surface area contributed by atoms with E-state index in [1.807, 2.05) is 0 Å². The van der Waals surface area contributed by atoms with Crippen molar-refractivity contribution in [3.63, 3.8) is 0 Å². The molecule has 2 aromatic rings. The van der Waals surface area contributed by atoms with E-state index in [9.17, 15) is 9.59 Å². The third kappa shape index (κ3) is 4.05. The Balaban J connectivity index is 2.04. The Bertz CT molecular complexity index is 746. The summed E-state index contributed by atoms with van der Waals surface area (Å²) in [5.74, 6) is -1.84. The largest absolute Gasteiger partial charge is 0.387 e. The molecule has 2 rings (SSSR count). The van der Waals surface area contributed by atoms with Crippen LogP contribution < -0.4 is 0 Å². The first kappa shape index (κ1) is 16.9. The van der Waals surface area contributed by atoms with Gasteiger partial charge in [-0.3, -0.25) is 0 Å². The zero-order valence-electron chi connectivity index (χ0n) is 10.6. The summed E-state index contributed by atoms with van der Waals surface area (Å²) < 4.78 is 0. The van der Waals surface area contributed by atoms with Crippen molar-refractivity contribution in [2.45, 2.75) is 0 Å². The van der Waals surface area contributed by atoms with Crippen molar-refractivity contribution in [2.75, 3.05) is 0 Å². The van der Waals surface area contributed by atoms with Crippen molar-refractivity contribution in [3.05, 3.63) is 67.6 Å². The van der Waals surface area contributed by atoms with Crippen LogP contribution in [-0.2, 0) is 9.78 Å². The van der Waals surface area contributed by atoms with Crippen molar-refractivity contribution in [2.24, 2.45) is 0 Å². The van der Waals surface area contributed by atoms with Gasteiger partial charge in [-0.2, -0.15) is 0 Å². The minimum Gasteiger partial charge on any atom is -0.242 e. The molecule has 0 atom stereocenters. The molecule has 0 heterocycles. The second-order valence-corrected chi connectivity index (χ2v) is 5.65. The molecule has 0 unspecified atom stereocenters. The van der Waals surface area contributed by atoms with Crippen LogP contribution in [0.1, 0.15) is 20.7 Å². The summed E-state index contributed by atoms with van der Waals surface area (Å²) in [6.45, 7) is 0. The lowest BCUT2D eigenvalue weighted by Gasteiger charge is -2.05. The molecule has 4 nitrogen and oxygen atoms in total. The fraction of sp³-hybridized carbons (Fsp3) is 0. The molecule has 0 radical (unpaired) electrons. The highest BCUT2D eigenvalue weighted by molar-refractivity contribution is 6.42. The first-order chi connectivity index (χ1) is 10.4. The second-order valence-electron chi connectivity index (χ2n) is 3.99. The van der Waals surface area contributed by atoms with Crippen LogP contribution in [0.15, 0.2) is 36.4 Å². The molecule has 0 saturated carbocycles. The maximum atomic E-state index is 11.8. The van der Waals surface area contributed by atoms with Crippen LogP contribution in [0, 0.1) is 0 Å². The fourth-order valence-electron chi connectivity index (χ4n) is 1.45. The van der Waals surface area contributed by atoms with Gasteiger partial charge in [0.2, 0.25) is 0 Å². The SMILES string of the molecule is O=C(OOC(=O)c1ccc(Cl)cc1Cl)c1ccc(Cl)c(Cl)c1. The molecule has 0 spiro atoms. The highest BCUT2D eigenvalue weighted by atomic mass is 35.5. The molecule has 2 aromatic carbocycles. The van der Waals surface area contributed by atoms with Crippen molar-refractivity contribution in [3.8, 4) is 0 Å². The third-order valence-electron chi connectivity index (χ3n) is 2.50. The van der Waals surface area contributed by atoms with E-state index in [0.29, 0.717) is 5.02 Å². The summed E-state index contributed by atoms with van der Waals surface area (Å²) in [5.41, 5.74) is 0.0809. The van der Waals surface area contributed by atoms with E-state index < -0.39 is 11.9 Å². The molecule has 0 N–H and O–H groups in total. The van der Waals surface area contributed by atoms with Gasteiger partial charge < -0.3 is 0 Å². The van der Waals surface area contributed by atoms with E-state index >= 15 is 0 Å². The highest BCUT2D eigenvalue weighted by Gasteiger charge is 2.17. The van der Waals surface area contributed by atoms with Crippen LogP contribution in [0.3, 0.4) is 0 Å². The predicted molar refractivity (Wildman–Crippen MR) is 83.8 cm³/mol. The second kappa shape index (κ2) is 7.20. The summed E-state index contributed by atoms with van der Waals surface area (Å²) in [7, 11) is 0. The van der Waals surface area contributed by atoms with Gasteiger partial charge in [0.15, 0.2) is 0 Å². The van der Waals surface area contributed by atoms with E-state index in [1.165, 1.54) is 36.4 Å². The fourth-order valence-corrected chi connectivity index (χ4v) is 2.23. The molecule has 8 heteroatoms. The van der Waals surface area contributed by atoms with Gasteiger partial charge in [-0.25, -0.2) is 19.4 Å². The zero-order valence-corrected chi connectivity index (χ0v) is 13.6. The summed E-state index contributed by atoms with van der Waals surface area (Å²) in [6.07, 6.45) is 0. The van der Waals surface area contributed by atoms with Crippen LogP contribution in [0.2, 0.25) is 20.1 Å². The monoisotopic (exact) mass is 378 g/mol. The Kier molecular flexibility index (Phi) is 5.53. The summed E-state index contributed by atoms with van der Waals surface area (Å²) in [4.78, 5) is 32.4. The Morgan fingerprint density at radius 1 is 0.727 bits per heavy atom. The number of benzene rings is 2. The molecule has 0 aliphatic carbocycles. The molecular formula is C14H6Cl4O4. The molecule has 0 aliphatic heterocycles. The minimum absolute atomic E-state index is 0.00741. The zero-order chi connectivity index (χ0) is 16.3. The number of halogens is 4. The van der Waals surface area contributed by atoms with Crippen molar-refractivity contribution in [1.29, 1.82) is 0 Å². The molecule has 0 aliphatic rings. The van der Waals surface area contributed by atoms with Gasteiger partial charge in [-0.15, -0.1) is 0 Å². The van der Waals surface area contributed by atoms with Crippen LogP contribution in [0.4, 0.5) is 0 Å². The van der Waals surface area contributed by atoms with Gasteiger partial charge in [0.05, 0.1) is 26.2 Å². The van der Waals surface area contributed by atoms with Gasteiger partial charge in [0.25, 0.3) is 0 Å². The van der Waals surface area contributed by atoms with E-state index in [-0.39, 0.29) is 26.2 Å². The molecule has 0 aromatic heterocycles. The first-order valence-corrected chi connectivity index (χ1v) is 7.23. The maximum absolute atomic E-state index is 11.8. The van der Waals surface area contributed by atoms with Gasteiger partial charge in [0.1, 0.15) is 0 Å². The Labute approximate surface area is 145 Å². The average molecular weight is 380 g/mol. The number of hydrogen-bond donors (Lipinski definition) is 0. The van der Waals surface area contributed by atoms with E-state index in [0.717, 1.165) is 0 Å². The average Bonchev–Trinajstić information content (AvgIpc) is 2.47. The Hall–Kier alpha value is -1.46. The lowest BCUT2D eigenvalue weighted by Crippen LogP contribution is -2.12. The van der Waals surface area contributed by atoms with E-state index in [2.05, 4.69) is 9.78 Å². The summed E-state index contributed by atoms with van der Waals surface area (Å²) in [5, 5.41) is 0.879. The quantitative estimate of drug-likeness (QED) is 0.529. The lowest BCUT2D eigenvalue weighted by atomic mass is 10.2. The topological polar surface area (TPSA) is 52.6 Å². The predicted octanol–water partition coefficient (Wildman–Crippen LogP) is 5.23. The van der Waals surface area contributed by atoms with Gasteiger partial charge in [-0.1, -0.05) is 46.4 Å². The Morgan fingerprint density at radius 2 is 1.41 bits per heavy atom. The number of carbonyl (C=O) groups is 2. The van der Waals surface area contributed by atoms with Gasteiger partial charge in [-0.05, 0) is 36.4 Å². The van der Waals surface area contributed by atoms with Crippen molar-refractivity contribution >= 4 is 58.3 Å². The molecular weight excluding hydrogens is 374 g/mol. The third-order valence-corrected chi connectivity index (χ3v) is 3.79. The lowest BCUT2D eigenvalue weighted by molar-refractivity contribution is -0.187. The summed E-state index contributed by atoms with van der Waals surface area (Å²) >= 11 is 23.1. The molecule has 114 valence electrons. The maximum Gasteiger partial charge on any atom is 0.387 e. The standard InChI is InChI=1S/C14H6Cl4O4/c15-8-2-3-9(11(17)6-8)14(20)22-21-13(19)7-1-4-10(16)12(18)5-7/h1-6H. The number of rotatable bonds is 2. The molecule has 22 heavy (non-hydrogen) atoms. The molecule has 0 saturated heterocycles. The van der Waals surface area contributed by atoms with Gasteiger partial charge in [0, 0.05) is 5.02 Å². The van der Waals surface area contributed by atoms with Crippen LogP contribution in [0.5, 0.6) is 0 Å². The highest BCUT2D eigenvalue weighted by Crippen LogP contribution is 2.24. The van der Waals surface area contributed by atoms with Crippen LogP contribution in [-0.4, -0.2) is 11.9 Å². The molecule has 0 fully saturated rings. The molecule has 0 bridgehead atoms. The van der Waals surface area contributed by atoms with E-state index in [1.54, 1.807) is 0 Å². The van der Waals surface area contributed by atoms with Crippen LogP contribution >= 0.6 is 46.4 Å². The first-order valence-electron chi connectivity index (χ1n) is 5.72. The number of hydrogen-bond acceptors (Lipinski definition) is 4. The van der Waals surface area contributed by atoms with Gasteiger partial charge >= 0.3 is 11.9 Å². The van der Waals surface area contributed by atoms with E-state index in [4.69, 9.17) is 46.4 Å². The summed E-state index contributed by atoms with van der Waals surface area (Å²) in [6, 6.07) is 8.23. The number of carbonyl (C=O) groups excluding carboxylic acids is 2. The Morgan fingerprint density at radius 3 is 2.05 bits per heavy atom. The van der Waals surface area contributed by atoms with Crippen molar-refractivity contribution < 1.29 is 19.4 Å². The van der Waals surface area contributed by atoms with Crippen LogP contribution in [0.25, 0.3) is 0 Å². The van der Waals surface area contributed by atoms with Crippen molar-refractivity contribution in [1.82, 2.24) is 0 Å². The minimum atomic E-state index is -0.935. The normalized spacial score (nSPS) is 10.2. The molecule has 0 amide bonds.